The summed E-state index contributed by atoms with van der Waals surface area (Å²) in [5.41, 5.74) is 2.87. The molecule has 0 bridgehead atoms. The summed E-state index contributed by atoms with van der Waals surface area (Å²) in [5.74, 6) is 6.45. The molecule has 146 valence electrons. The van der Waals surface area contributed by atoms with Crippen LogP contribution in [-0.4, -0.2) is 38.5 Å². The van der Waals surface area contributed by atoms with Gasteiger partial charge in [-0.3, -0.25) is 4.79 Å². The molecule has 0 aliphatic rings. The molecule has 28 heavy (non-hydrogen) atoms. The van der Waals surface area contributed by atoms with Crippen LogP contribution in [0.1, 0.15) is 24.1 Å². The van der Waals surface area contributed by atoms with Crippen LogP contribution in [0.2, 0.25) is 0 Å². The third-order valence-electron chi connectivity index (χ3n) is 4.63. The van der Waals surface area contributed by atoms with Crippen LogP contribution in [0, 0.1) is 12.7 Å². The molecule has 0 saturated carbocycles. The predicted molar refractivity (Wildman–Crippen MR) is 109 cm³/mol. The second-order valence-electron chi connectivity index (χ2n) is 6.56. The molecule has 0 aliphatic heterocycles. The molecule has 1 unspecified atom stereocenters. The molecule has 3 rings (SSSR count). The average Bonchev–Trinajstić information content (AvgIpc) is 3.06. The molecule has 0 spiro atoms. The van der Waals surface area contributed by atoms with Crippen molar-refractivity contribution in [3.05, 3.63) is 65.5 Å². The predicted octanol–water partition coefficient (Wildman–Crippen LogP) is 3.42. The third kappa shape index (κ3) is 4.33. The number of nitrogen functional groups attached to an aromatic ring is 1. The van der Waals surface area contributed by atoms with Crippen LogP contribution in [0.4, 0.5) is 4.39 Å². The molecule has 0 saturated heterocycles. The molecule has 3 aromatic rings. The van der Waals surface area contributed by atoms with E-state index in [-0.39, 0.29) is 23.5 Å². The summed E-state index contributed by atoms with van der Waals surface area (Å²) in [6.45, 7) is 3.91. The van der Waals surface area contributed by atoms with E-state index < -0.39 is 0 Å². The van der Waals surface area contributed by atoms with Crippen molar-refractivity contribution in [2.24, 2.45) is 0 Å². The second kappa shape index (κ2) is 8.43. The van der Waals surface area contributed by atoms with Crippen LogP contribution in [0.3, 0.4) is 0 Å². The van der Waals surface area contributed by atoms with Crippen molar-refractivity contribution in [2.75, 3.05) is 18.6 Å². The summed E-state index contributed by atoms with van der Waals surface area (Å²) in [6.07, 6.45) is 0. The molecular formula is C20H22FN5OS. The Balaban J connectivity index is 1.64. The monoisotopic (exact) mass is 399 g/mol. The van der Waals surface area contributed by atoms with Gasteiger partial charge in [-0.25, -0.2) is 9.07 Å². The van der Waals surface area contributed by atoms with Gasteiger partial charge in [-0.05, 0) is 31.5 Å². The first-order chi connectivity index (χ1) is 13.4. The number of carbonyl (C=O) groups is 1. The number of rotatable bonds is 6. The summed E-state index contributed by atoms with van der Waals surface area (Å²) < 4.78 is 14.5. The number of carbonyl (C=O) groups excluding carboxylic acids is 1. The normalized spacial score (nSPS) is 12.0. The zero-order valence-electron chi connectivity index (χ0n) is 16.0. The van der Waals surface area contributed by atoms with E-state index in [2.05, 4.69) is 10.2 Å². The number of amides is 1. The first-order valence-electron chi connectivity index (χ1n) is 8.78. The zero-order valence-corrected chi connectivity index (χ0v) is 16.8. The molecule has 2 aromatic carbocycles. The van der Waals surface area contributed by atoms with Crippen LogP contribution in [0.15, 0.2) is 53.7 Å². The van der Waals surface area contributed by atoms with Gasteiger partial charge in [0.1, 0.15) is 5.82 Å². The molecule has 1 heterocycles. The quantitative estimate of drug-likeness (QED) is 0.508. The van der Waals surface area contributed by atoms with Crippen molar-refractivity contribution >= 4 is 17.7 Å². The summed E-state index contributed by atoms with van der Waals surface area (Å²) in [6, 6.07) is 13.8. The van der Waals surface area contributed by atoms with Crippen LogP contribution in [0.5, 0.6) is 0 Å². The Kier molecular flexibility index (Phi) is 5.99. The summed E-state index contributed by atoms with van der Waals surface area (Å²) in [7, 11) is 1.72. The number of aromatic nitrogens is 3. The van der Waals surface area contributed by atoms with Gasteiger partial charge in [0.25, 0.3) is 0 Å². The van der Waals surface area contributed by atoms with Gasteiger partial charge >= 0.3 is 0 Å². The molecule has 8 heteroatoms. The Morgan fingerprint density at radius 2 is 1.82 bits per heavy atom. The van der Waals surface area contributed by atoms with E-state index in [1.54, 1.807) is 24.1 Å². The molecule has 2 N–H and O–H groups in total. The van der Waals surface area contributed by atoms with E-state index in [0.717, 1.165) is 16.7 Å². The zero-order chi connectivity index (χ0) is 20.3. The first kappa shape index (κ1) is 19.9. The van der Waals surface area contributed by atoms with E-state index in [4.69, 9.17) is 5.84 Å². The molecule has 0 fully saturated rings. The molecule has 1 amide bonds. The van der Waals surface area contributed by atoms with Gasteiger partial charge in [0.2, 0.25) is 11.1 Å². The molecular weight excluding hydrogens is 377 g/mol. The Hall–Kier alpha value is -2.87. The number of thioether (sulfide) groups is 1. The fourth-order valence-electron chi connectivity index (χ4n) is 2.68. The second-order valence-corrected chi connectivity index (χ2v) is 7.51. The number of nitrogens with two attached hydrogens (primary N) is 1. The SMILES string of the molecule is Cc1ccc(-c2nnc(SCC(=O)N(C)C(C)c3ccc(F)cc3)n2N)cc1. The number of hydrogen-bond donors (Lipinski definition) is 1. The van der Waals surface area contributed by atoms with Gasteiger partial charge < -0.3 is 10.7 Å². The minimum absolute atomic E-state index is 0.0817. The molecule has 0 radical (unpaired) electrons. The van der Waals surface area contributed by atoms with Gasteiger partial charge in [-0.1, -0.05) is 53.7 Å². The number of aryl methyl sites for hydroxylation is 1. The summed E-state index contributed by atoms with van der Waals surface area (Å²) in [5, 5.41) is 8.70. The van der Waals surface area contributed by atoms with Crippen LogP contribution in [-0.2, 0) is 4.79 Å². The Bertz CT molecular complexity index is 956. The van der Waals surface area contributed by atoms with Gasteiger partial charge in [-0.15, -0.1) is 10.2 Å². The highest BCUT2D eigenvalue weighted by Gasteiger charge is 2.19. The van der Waals surface area contributed by atoms with E-state index in [0.29, 0.717) is 11.0 Å². The lowest BCUT2D eigenvalue weighted by atomic mass is 10.1. The lowest BCUT2D eigenvalue weighted by Crippen LogP contribution is -2.31. The van der Waals surface area contributed by atoms with Crippen LogP contribution < -0.4 is 5.84 Å². The maximum Gasteiger partial charge on any atom is 0.233 e. The van der Waals surface area contributed by atoms with Crippen LogP contribution in [0.25, 0.3) is 11.4 Å². The molecule has 1 atom stereocenters. The number of nitrogens with zero attached hydrogens (tertiary/aromatic N) is 4. The minimum Gasteiger partial charge on any atom is -0.338 e. The van der Waals surface area contributed by atoms with Crippen molar-refractivity contribution < 1.29 is 9.18 Å². The van der Waals surface area contributed by atoms with E-state index in [9.17, 15) is 9.18 Å². The molecule has 6 nitrogen and oxygen atoms in total. The molecule has 0 aliphatic carbocycles. The number of halogens is 1. The fraction of sp³-hybridized carbons (Fsp3) is 0.250. The summed E-state index contributed by atoms with van der Waals surface area (Å²) in [4.78, 5) is 14.2. The lowest BCUT2D eigenvalue weighted by molar-refractivity contribution is -0.128. The van der Waals surface area contributed by atoms with Crippen molar-refractivity contribution in [3.8, 4) is 11.4 Å². The Morgan fingerprint density at radius 3 is 2.46 bits per heavy atom. The topological polar surface area (TPSA) is 77.0 Å². The maximum atomic E-state index is 13.1. The number of benzene rings is 2. The first-order valence-corrected chi connectivity index (χ1v) is 9.77. The standard InChI is InChI=1S/C20H22FN5OS/c1-13-4-6-16(7-5-13)19-23-24-20(26(19)22)28-12-18(27)25(3)14(2)15-8-10-17(21)11-9-15/h4-11,14H,12,22H2,1-3H3. The molecule has 1 aromatic heterocycles. The van der Waals surface area contributed by atoms with E-state index >= 15 is 0 Å². The average molecular weight is 399 g/mol. The van der Waals surface area contributed by atoms with Gasteiger partial charge in [0.15, 0.2) is 5.82 Å². The van der Waals surface area contributed by atoms with Crippen molar-refractivity contribution in [2.45, 2.75) is 25.0 Å². The number of hydrogen-bond acceptors (Lipinski definition) is 5. The largest absolute Gasteiger partial charge is 0.338 e. The maximum absolute atomic E-state index is 13.1. The van der Waals surface area contributed by atoms with E-state index in [1.165, 1.54) is 28.6 Å². The summed E-state index contributed by atoms with van der Waals surface area (Å²) >= 11 is 1.23. The van der Waals surface area contributed by atoms with Crippen molar-refractivity contribution in [3.63, 3.8) is 0 Å². The van der Waals surface area contributed by atoms with Gasteiger partial charge in [0.05, 0.1) is 11.8 Å². The smallest absolute Gasteiger partial charge is 0.233 e. The lowest BCUT2D eigenvalue weighted by Gasteiger charge is -2.25. The van der Waals surface area contributed by atoms with Crippen molar-refractivity contribution in [1.29, 1.82) is 0 Å². The Morgan fingerprint density at radius 1 is 1.18 bits per heavy atom. The van der Waals surface area contributed by atoms with E-state index in [1.807, 2.05) is 38.1 Å². The highest BCUT2D eigenvalue weighted by molar-refractivity contribution is 7.99. The highest BCUT2D eigenvalue weighted by Crippen LogP contribution is 2.24. The fourth-order valence-corrected chi connectivity index (χ4v) is 3.46. The highest BCUT2D eigenvalue weighted by atomic mass is 32.2. The van der Waals surface area contributed by atoms with Crippen LogP contribution >= 0.6 is 11.8 Å². The Labute approximate surface area is 167 Å². The van der Waals surface area contributed by atoms with Gasteiger partial charge in [0, 0.05) is 12.6 Å². The third-order valence-corrected chi connectivity index (χ3v) is 5.55. The van der Waals surface area contributed by atoms with Crippen molar-refractivity contribution in [1.82, 2.24) is 19.8 Å². The minimum atomic E-state index is -0.299. The van der Waals surface area contributed by atoms with Gasteiger partial charge in [-0.2, -0.15) is 0 Å².